The smallest absolute Gasteiger partial charge is 0.127 e. The molecule has 3 rings (SSSR count). The number of aryl methyl sites for hydroxylation is 2. The molecule has 7 heteroatoms. The molecule has 0 amide bonds. The molecule has 0 spiro atoms. The number of aromatic amines is 1. The third-order valence-electron chi connectivity index (χ3n) is 5.73. The third-order valence-corrected chi connectivity index (χ3v) is 5.73. The number of benzene rings is 2. The maximum Gasteiger partial charge on any atom is 0.127 e. The van der Waals surface area contributed by atoms with Crippen molar-refractivity contribution in [3.63, 3.8) is 0 Å². The molecule has 0 fully saturated rings. The summed E-state index contributed by atoms with van der Waals surface area (Å²) in [6, 6.07) is 14.8. The van der Waals surface area contributed by atoms with Crippen molar-refractivity contribution in [2.45, 2.75) is 45.4 Å². The van der Waals surface area contributed by atoms with Crippen molar-refractivity contribution < 1.29 is 10.3 Å². The van der Waals surface area contributed by atoms with Gasteiger partial charge in [-0.15, -0.1) is 0 Å². The highest BCUT2D eigenvalue weighted by molar-refractivity contribution is 5.83. The second-order valence-corrected chi connectivity index (χ2v) is 7.93. The predicted molar refractivity (Wildman–Crippen MR) is 123 cm³/mol. The second kappa shape index (κ2) is 11.7. The van der Waals surface area contributed by atoms with Crippen LogP contribution in [0.2, 0.25) is 0 Å². The Hall–Kier alpha value is -2.58. The lowest BCUT2D eigenvalue weighted by Gasteiger charge is -2.21. The molecule has 1 unspecified atom stereocenters. The summed E-state index contributed by atoms with van der Waals surface area (Å²) in [4.78, 5) is 16.3. The Kier molecular flexibility index (Phi) is 8.73. The van der Waals surface area contributed by atoms with Crippen molar-refractivity contribution >= 4 is 10.9 Å². The minimum absolute atomic E-state index is 0.276. The van der Waals surface area contributed by atoms with Gasteiger partial charge in [0.2, 0.25) is 0 Å². The molecule has 1 heterocycles. The van der Waals surface area contributed by atoms with Crippen LogP contribution in [0.25, 0.3) is 10.9 Å². The monoisotopic (exact) mass is 424 g/mol. The van der Waals surface area contributed by atoms with Gasteiger partial charge in [0.05, 0.1) is 6.54 Å². The molecule has 0 bridgehead atoms. The van der Waals surface area contributed by atoms with Crippen molar-refractivity contribution in [2.75, 3.05) is 19.6 Å². The van der Waals surface area contributed by atoms with Crippen LogP contribution in [0.15, 0.2) is 53.8 Å². The molecule has 3 aromatic rings. The lowest BCUT2D eigenvalue weighted by Crippen LogP contribution is -2.28. The first kappa shape index (κ1) is 23.1. The Morgan fingerprint density at radius 1 is 1.06 bits per heavy atom. The maximum atomic E-state index is 10.7. The summed E-state index contributed by atoms with van der Waals surface area (Å²) in [5.74, 6) is 0. The van der Waals surface area contributed by atoms with Gasteiger partial charge in [0.1, 0.15) is 6.23 Å². The second-order valence-electron chi connectivity index (χ2n) is 7.93. The number of hydrogen-bond donors (Lipinski definition) is 4. The van der Waals surface area contributed by atoms with E-state index in [1.54, 1.807) is 0 Å². The molecule has 31 heavy (non-hydrogen) atoms. The molecule has 0 aliphatic heterocycles. The van der Waals surface area contributed by atoms with E-state index in [9.17, 15) is 10.0 Å². The first-order chi connectivity index (χ1) is 15.1. The largest absolute Gasteiger partial charge is 0.377 e. The zero-order valence-electron chi connectivity index (χ0n) is 18.1. The van der Waals surface area contributed by atoms with E-state index in [4.69, 9.17) is 5.21 Å². The lowest BCUT2D eigenvalue weighted by molar-refractivity contribution is -0.00230. The summed E-state index contributed by atoms with van der Waals surface area (Å²) in [5.41, 5.74) is 7.90. The number of aliphatic hydroxyl groups excluding tert-OH is 1. The fourth-order valence-electron chi connectivity index (χ4n) is 3.82. The van der Waals surface area contributed by atoms with Crippen LogP contribution < -0.4 is 5.48 Å². The fraction of sp³-hybridized carbons (Fsp3) is 0.417. The standard InChI is InChI=1S/C24H32N4O3/c1-2-18-7-9-23-22(15-18)21(16-25-23)11-13-28(14-12-26-30)17-20-5-3-19(4-6-20)8-10-24(29)27-31/h3-7,9,15-16,24-25,27,29,31H,2,8,10-14,17H2,1H3. The van der Waals surface area contributed by atoms with Crippen LogP contribution in [-0.2, 0) is 25.8 Å². The summed E-state index contributed by atoms with van der Waals surface area (Å²) in [5, 5.41) is 22.4. The summed E-state index contributed by atoms with van der Waals surface area (Å²) in [6.45, 7) is 4.66. The Labute approximate surface area is 183 Å². The zero-order chi connectivity index (χ0) is 22.1. The normalized spacial score (nSPS) is 12.5. The SMILES string of the molecule is CCc1ccc2[nH]cc(CCN(CCN=O)Cc3ccc(CCC(O)NO)cc3)c2c1. The summed E-state index contributed by atoms with van der Waals surface area (Å²) in [7, 11) is 0. The third kappa shape index (κ3) is 6.70. The predicted octanol–water partition coefficient (Wildman–Crippen LogP) is 3.77. The van der Waals surface area contributed by atoms with Gasteiger partial charge in [0, 0.05) is 36.7 Å². The molecule has 4 N–H and O–H groups in total. The zero-order valence-corrected chi connectivity index (χ0v) is 18.1. The Morgan fingerprint density at radius 2 is 1.81 bits per heavy atom. The average Bonchev–Trinajstić information content (AvgIpc) is 3.22. The Morgan fingerprint density at radius 3 is 2.52 bits per heavy atom. The minimum atomic E-state index is -0.913. The van der Waals surface area contributed by atoms with Crippen molar-refractivity contribution in [1.82, 2.24) is 15.4 Å². The van der Waals surface area contributed by atoms with Gasteiger partial charge in [-0.1, -0.05) is 42.4 Å². The van der Waals surface area contributed by atoms with E-state index in [1.165, 1.54) is 22.1 Å². The van der Waals surface area contributed by atoms with Crippen LogP contribution in [0.3, 0.4) is 0 Å². The molecule has 7 nitrogen and oxygen atoms in total. The van der Waals surface area contributed by atoms with Gasteiger partial charge in [0.25, 0.3) is 0 Å². The van der Waals surface area contributed by atoms with E-state index >= 15 is 0 Å². The number of hydrogen-bond acceptors (Lipinski definition) is 6. The highest BCUT2D eigenvalue weighted by Crippen LogP contribution is 2.21. The van der Waals surface area contributed by atoms with E-state index in [0.29, 0.717) is 19.4 Å². The molecule has 0 saturated carbocycles. The lowest BCUT2D eigenvalue weighted by atomic mass is 10.0. The van der Waals surface area contributed by atoms with Crippen LogP contribution in [0.1, 0.15) is 35.6 Å². The summed E-state index contributed by atoms with van der Waals surface area (Å²) >= 11 is 0. The first-order valence-corrected chi connectivity index (χ1v) is 10.9. The number of hydroxylamine groups is 1. The number of nitroso groups, excluding NO2 is 1. The molecule has 0 aliphatic carbocycles. The van der Waals surface area contributed by atoms with Crippen LogP contribution in [-0.4, -0.2) is 46.1 Å². The quantitative estimate of drug-likeness (QED) is 0.190. The molecule has 0 radical (unpaired) electrons. The molecular formula is C24H32N4O3. The van der Waals surface area contributed by atoms with Gasteiger partial charge in [-0.2, -0.15) is 10.4 Å². The number of nitrogens with one attached hydrogen (secondary N) is 2. The van der Waals surface area contributed by atoms with E-state index in [1.807, 2.05) is 17.6 Å². The topological polar surface area (TPSA) is 101 Å². The molecule has 166 valence electrons. The minimum Gasteiger partial charge on any atom is -0.377 e. The summed E-state index contributed by atoms with van der Waals surface area (Å²) in [6.07, 6.45) is 4.21. The highest BCUT2D eigenvalue weighted by Gasteiger charge is 2.10. The van der Waals surface area contributed by atoms with E-state index < -0.39 is 6.23 Å². The number of H-pyrrole nitrogens is 1. The molecule has 0 aliphatic rings. The number of aliphatic hydroxyl groups is 1. The highest BCUT2D eigenvalue weighted by atomic mass is 16.5. The Bertz CT molecular complexity index is 955. The number of aromatic nitrogens is 1. The maximum absolute atomic E-state index is 10.7. The van der Waals surface area contributed by atoms with Gasteiger partial charge in [-0.3, -0.25) is 4.90 Å². The van der Waals surface area contributed by atoms with Gasteiger partial charge in [0.15, 0.2) is 0 Å². The van der Waals surface area contributed by atoms with Gasteiger partial charge < -0.3 is 15.3 Å². The van der Waals surface area contributed by atoms with Gasteiger partial charge in [-0.05, 0) is 60.1 Å². The van der Waals surface area contributed by atoms with Crippen molar-refractivity contribution in [3.8, 4) is 0 Å². The average molecular weight is 425 g/mol. The van der Waals surface area contributed by atoms with Crippen LogP contribution in [0, 0.1) is 4.91 Å². The van der Waals surface area contributed by atoms with Crippen molar-refractivity contribution in [3.05, 3.63) is 75.8 Å². The molecule has 2 aromatic carbocycles. The first-order valence-electron chi connectivity index (χ1n) is 10.9. The van der Waals surface area contributed by atoms with E-state index in [0.717, 1.165) is 37.0 Å². The molecular weight excluding hydrogens is 392 g/mol. The summed E-state index contributed by atoms with van der Waals surface area (Å²) < 4.78 is 0. The number of rotatable bonds is 13. The molecule has 0 saturated heterocycles. The van der Waals surface area contributed by atoms with Crippen LogP contribution in [0.4, 0.5) is 0 Å². The molecule has 1 aromatic heterocycles. The van der Waals surface area contributed by atoms with Crippen LogP contribution in [0.5, 0.6) is 0 Å². The van der Waals surface area contributed by atoms with Gasteiger partial charge in [-0.25, -0.2) is 0 Å². The fourth-order valence-corrected chi connectivity index (χ4v) is 3.82. The number of fused-ring (bicyclic) bond motifs is 1. The van der Waals surface area contributed by atoms with Crippen molar-refractivity contribution in [1.29, 1.82) is 0 Å². The van der Waals surface area contributed by atoms with E-state index in [-0.39, 0.29) is 6.54 Å². The van der Waals surface area contributed by atoms with Gasteiger partial charge >= 0.3 is 0 Å². The number of nitrogens with zero attached hydrogens (tertiary/aromatic N) is 2. The van der Waals surface area contributed by atoms with Crippen molar-refractivity contribution in [2.24, 2.45) is 5.18 Å². The van der Waals surface area contributed by atoms with E-state index in [2.05, 4.69) is 58.5 Å². The molecule has 1 atom stereocenters. The Balaban J connectivity index is 1.62. The van der Waals surface area contributed by atoms with Crippen LogP contribution >= 0.6 is 0 Å².